The third kappa shape index (κ3) is 4.03. The average molecular weight is 465 g/mol. The van der Waals surface area contributed by atoms with Crippen LogP contribution in [-0.2, 0) is 10.3 Å². The summed E-state index contributed by atoms with van der Waals surface area (Å²) in [6.45, 7) is 2.71. The molecule has 1 spiro atoms. The van der Waals surface area contributed by atoms with Crippen LogP contribution in [-0.4, -0.2) is 84.2 Å². The van der Waals surface area contributed by atoms with Gasteiger partial charge in [-0.2, -0.15) is 0 Å². The first-order chi connectivity index (χ1) is 16.4. The molecule has 2 saturated heterocycles. The summed E-state index contributed by atoms with van der Waals surface area (Å²) in [7, 11) is 4.28. The van der Waals surface area contributed by atoms with Crippen LogP contribution in [0.2, 0.25) is 0 Å². The lowest BCUT2D eigenvalue weighted by atomic mass is 9.69. The molecule has 0 radical (unpaired) electrons. The van der Waals surface area contributed by atoms with Crippen LogP contribution in [0.25, 0.3) is 0 Å². The molecular formula is C25H32N6O3. The monoisotopic (exact) mass is 464 g/mol. The molecule has 1 aromatic heterocycles. The molecule has 9 nitrogen and oxygen atoms in total. The number of anilines is 1. The second-order valence-corrected chi connectivity index (χ2v) is 9.76. The Morgan fingerprint density at radius 3 is 2.29 bits per heavy atom. The van der Waals surface area contributed by atoms with Crippen LogP contribution in [0.5, 0.6) is 0 Å². The normalized spacial score (nSPS) is 27.3. The van der Waals surface area contributed by atoms with Gasteiger partial charge >= 0.3 is 6.03 Å². The summed E-state index contributed by atoms with van der Waals surface area (Å²) in [6.07, 6.45) is 6.85. The Labute approximate surface area is 200 Å². The Morgan fingerprint density at radius 1 is 1.03 bits per heavy atom. The van der Waals surface area contributed by atoms with Gasteiger partial charge in [0.25, 0.3) is 5.91 Å². The van der Waals surface area contributed by atoms with Crippen molar-refractivity contribution in [2.24, 2.45) is 0 Å². The first-order valence-corrected chi connectivity index (χ1v) is 11.9. The van der Waals surface area contributed by atoms with Gasteiger partial charge in [-0.05, 0) is 45.3 Å². The van der Waals surface area contributed by atoms with Crippen molar-refractivity contribution in [2.45, 2.75) is 36.8 Å². The van der Waals surface area contributed by atoms with Gasteiger partial charge in [-0.15, -0.1) is 0 Å². The summed E-state index contributed by atoms with van der Waals surface area (Å²) in [5.41, 5.74) is 1.63. The van der Waals surface area contributed by atoms with Crippen LogP contribution in [0, 0.1) is 0 Å². The zero-order chi connectivity index (χ0) is 23.8. The van der Waals surface area contributed by atoms with E-state index in [0.717, 1.165) is 25.7 Å². The molecule has 3 fully saturated rings. The lowest BCUT2D eigenvalue weighted by Gasteiger charge is -2.48. The minimum atomic E-state index is -0.270. The predicted octanol–water partition coefficient (Wildman–Crippen LogP) is 2.25. The number of hydrogen-bond acceptors (Lipinski definition) is 6. The molecule has 0 atom stereocenters. The molecule has 1 saturated carbocycles. The molecule has 2 aromatic rings. The van der Waals surface area contributed by atoms with Gasteiger partial charge in [0.1, 0.15) is 0 Å². The lowest BCUT2D eigenvalue weighted by molar-refractivity contribution is 0.0295. The van der Waals surface area contributed by atoms with E-state index in [1.54, 1.807) is 22.2 Å². The molecule has 1 N–H and O–H groups in total. The third-order valence-electron chi connectivity index (χ3n) is 7.72. The molecule has 0 unspecified atom stereocenters. The molecule has 3 amide bonds. The lowest BCUT2D eigenvalue weighted by Crippen LogP contribution is -2.54. The van der Waals surface area contributed by atoms with E-state index in [1.165, 1.54) is 5.56 Å². The molecule has 0 bridgehead atoms. The van der Waals surface area contributed by atoms with Crippen LogP contribution >= 0.6 is 0 Å². The van der Waals surface area contributed by atoms with Gasteiger partial charge in [0, 0.05) is 18.6 Å². The molecule has 3 aliphatic rings. The SMILES string of the molecule is CN(C)[C@]1(c2ccccc2)CC[C@]2(CC1)CN(c1cnc(C(=O)N3CCOCC3)nc1)C(=O)N2. The number of amides is 3. The quantitative estimate of drug-likeness (QED) is 0.746. The summed E-state index contributed by atoms with van der Waals surface area (Å²) in [4.78, 5) is 39.8. The highest BCUT2D eigenvalue weighted by Gasteiger charge is 2.50. The number of rotatable bonds is 4. The average Bonchev–Trinajstić information content (AvgIpc) is 3.20. The van der Waals surface area contributed by atoms with Gasteiger partial charge in [0.2, 0.25) is 5.82 Å². The maximum Gasteiger partial charge on any atom is 0.322 e. The molecule has 2 aliphatic heterocycles. The van der Waals surface area contributed by atoms with E-state index in [-0.39, 0.29) is 28.8 Å². The van der Waals surface area contributed by atoms with E-state index in [9.17, 15) is 9.59 Å². The first-order valence-electron chi connectivity index (χ1n) is 11.9. The Balaban J connectivity index is 1.28. The minimum Gasteiger partial charge on any atom is -0.378 e. The van der Waals surface area contributed by atoms with Crippen molar-refractivity contribution < 1.29 is 14.3 Å². The van der Waals surface area contributed by atoms with Crippen molar-refractivity contribution in [2.75, 3.05) is 51.8 Å². The number of nitrogens with zero attached hydrogens (tertiary/aromatic N) is 5. The standard InChI is InChI=1S/C25H32N6O3/c1-29(2)25(19-6-4-3-5-7-19)10-8-24(9-11-25)18-31(23(33)28-24)20-16-26-21(27-17-20)22(32)30-12-14-34-15-13-30/h3-7,16-17H,8-15,18H2,1-2H3,(H,28,33)/t24-,25+. The summed E-state index contributed by atoms with van der Waals surface area (Å²) < 4.78 is 5.30. The summed E-state index contributed by atoms with van der Waals surface area (Å²) >= 11 is 0. The number of nitrogens with one attached hydrogen (secondary N) is 1. The Kier molecular flexibility index (Phi) is 5.99. The highest BCUT2D eigenvalue weighted by molar-refractivity contribution is 5.95. The molecule has 34 heavy (non-hydrogen) atoms. The largest absolute Gasteiger partial charge is 0.378 e. The zero-order valence-corrected chi connectivity index (χ0v) is 19.9. The molecule has 1 aromatic carbocycles. The van der Waals surface area contributed by atoms with Crippen molar-refractivity contribution in [1.29, 1.82) is 0 Å². The maximum absolute atomic E-state index is 12.9. The van der Waals surface area contributed by atoms with Gasteiger partial charge in [0.05, 0.1) is 43.4 Å². The van der Waals surface area contributed by atoms with Gasteiger partial charge < -0.3 is 15.0 Å². The van der Waals surface area contributed by atoms with E-state index < -0.39 is 0 Å². The molecule has 9 heteroatoms. The van der Waals surface area contributed by atoms with Crippen LogP contribution in [0.1, 0.15) is 41.9 Å². The molecular weight excluding hydrogens is 432 g/mol. The van der Waals surface area contributed by atoms with Crippen LogP contribution in [0.4, 0.5) is 10.5 Å². The number of aromatic nitrogens is 2. The highest BCUT2D eigenvalue weighted by atomic mass is 16.5. The van der Waals surface area contributed by atoms with E-state index >= 15 is 0 Å². The van der Waals surface area contributed by atoms with E-state index in [4.69, 9.17) is 4.74 Å². The fourth-order valence-electron chi connectivity index (χ4n) is 5.56. The smallest absolute Gasteiger partial charge is 0.322 e. The number of benzene rings is 1. The highest BCUT2D eigenvalue weighted by Crippen LogP contribution is 2.46. The number of carbonyl (C=O) groups excluding carboxylic acids is 2. The fourth-order valence-corrected chi connectivity index (χ4v) is 5.56. The predicted molar refractivity (Wildman–Crippen MR) is 128 cm³/mol. The number of urea groups is 1. The number of morpholine rings is 1. The second-order valence-electron chi connectivity index (χ2n) is 9.76. The summed E-state index contributed by atoms with van der Waals surface area (Å²) in [6, 6.07) is 10.5. The fraction of sp³-hybridized carbons (Fsp3) is 0.520. The Bertz CT molecular complexity index is 1030. The van der Waals surface area contributed by atoms with Gasteiger partial charge in [-0.1, -0.05) is 30.3 Å². The van der Waals surface area contributed by atoms with Crippen molar-refractivity contribution in [3.63, 3.8) is 0 Å². The van der Waals surface area contributed by atoms with Gasteiger partial charge in [0.15, 0.2) is 0 Å². The molecule has 3 heterocycles. The first kappa shape index (κ1) is 22.7. The van der Waals surface area contributed by atoms with Gasteiger partial charge in [-0.3, -0.25) is 14.6 Å². The Hall–Kier alpha value is -3.04. The van der Waals surface area contributed by atoms with Gasteiger partial charge in [-0.25, -0.2) is 14.8 Å². The molecule has 5 rings (SSSR count). The van der Waals surface area contributed by atoms with Crippen molar-refractivity contribution in [3.8, 4) is 0 Å². The van der Waals surface area contributed by atoms with E-state index in [1.807, 2.05) is 6.07 Å². The topological polar surface area (TPSA) is 90.9 Å². The summed E-state index contributed by atoms with van der Waals surface area (Å²) in [5, 5.41) is 3.26. The maximum atomic E-state index is 12.9. The molecule has 1 aliphatic carbocycles. The third-order valence-corrected chi connectivity index (χ3v) is 7.72. The number of hydrogen-bond donors (Lipinski definition) is 1. The molecule has 180 valence electrons. The van der Waals surface area contributed by atoms with E-state index in [0.29, 0.717) is 38.5 Å². The number of carbonyl (C=O) groups is 2. The minimum absolute atomic E-state index is 0.0325. The van der Waals surface area contributed by atoms with Crippen LogP contribution in [0.3, 0.4) is 0 Å². The van der Waals surface area contributed by atoms with Crippen LogP contribution in [0.15, 0.2) is 42.7 Å². The van der Waals surface area contributed by atoms with Crippen molar-refractivity contribution in [1.82, 2.24) is 25.1 Å². The number of ether oxygens (including phenoxy) is 1. The zero-order valence-electron chi connectivity index (χ0n) is 19.9. The second kappa shape index (κ2) is 8.96. The van der Waals surface area contributed by atoms with E-state index in [2.05, 4.69) is 58.5 Å². The Morgan fingerprint density at radius 2 is 1.68 bits per heavy atom. The summed E-state index contributed by atoms with van der Waals surface area (Å²) in [5.74, 6) is -0.0540. The van der Waals surface area contributed by atoms with Crippen molar-refractivity contribution >= 4 is 17.6 Å². The van der Waals surface area contributed by atoms with Crippen LogP contribution < -0.4 is 10.2 Å². The van der Waals surface area contributed by atoms with Crippen molar-refractivity contribution in [3.05, 3.63) is 54.1 Å².